The molecule has 0 aliphatic carbocycles. The summed E-state index contributed by atoms with van der Waals surface area (Å²) in [5.41, 5.74) is 1.85. The maximum atomic E-state index is 13.0. The van der Waals surface area contributed by atoms with Gasteiger partial charge in [0.05, 0.1) is 13.2 Å². The van der Waals surface area contributed by atoms with Gasteiger partial charge in [0.2, 0.25) is 0 Å². The highest BCUT2D eigenvalue weighted by Gasteiger charge is 2.30. The van der Waals surface area contributed by atoms with Gasteiger partial charge in [-0.1, -0.05) is 36.4 Å². The van der Waals surface area contributed by atoms with E-state index in [2.05, 4.69) is 24.1 Å². The number of benzene rings is 2. The molecule has 0 bridgehead atoms. The molecule has 0 radical (unpaired) electrons. The van der Waals surface area contributed by atoms with Crippen LogP contribution in [-0.4, -0.2) is 49.5 Å². The number of nitrogens with zero attached hydrogens (tertiary/aromatic N) is 2. The molecule has 1 saturated heterocycles. The lowest BCUT2D eigenvalue weighted by Crippen LogP contribution is -2.49. The molecule has 0 spiro atoms. The van der Waals surface area contributed by atoms with Crippen molar-refractivity contribution in [2.75, 3.05) is 33.8 Å². The van der Waals surface area contributed by atoms with Crippen LogP contribution in [0.2, 0.25) is 0 Å². The lowest BCUT2D eigenvalue weighted by Gasteiger charge is -2.40. The summed E-state index contributed by atoms with van der Waals surface area (Å²) in [6.45, 7) is 2.46. The van der Waals surface area contributed by atoms with E-state index >= 15 is 0 Å². The second kappa shape index (κ2) is 6.84. The molecule has 2 aromatic carbocycles. The minimum atomic E-state index is 0.0610. The first kappa shape index (κ1) is 15.6. The number of hydrogen-bond acceptors (Lipinski definition) is 3. The Bertz CT molecular complexity index is 672. The lowest BCUT2D eigenvalue weighted by molar-refractivity contribution is 0.0497. The summed E-state index contributed by atoms with van der Waals surface area (Å²) in [6, 6.07) is 17.7. The zero-order chi connectivity index (χ0) is 16.2. The van der Waals surface area contributed by atoms with Crippen molar-refractivity contribution in [3.8, 4) is 5.75 Å². The molecule has 4 heteroatoms. The van der Waals surface area contributed by atoms with Gasteiger partial charge in [0.25, 0.3) is 5.91 Å². The Balaban J connectivity index is 1.90. The maximum absolute atomic E-state index is 13.0. The molecule has 1 atom stereocenters. The van der Waals surface area contributed by atoms with Crippen molar-refractivity contribution in [2.24, 2.45) is 0 Å². The van der Waals surface area contributed by atoms with E-state index in [4.69, 9.17) is 4.74 Å². The predicted molar refractivity (Wildman–Crippen MR) is 90.7 cm³/mol. The smallest absolute Gasteiger partial charge is 0.254 e. The third-order valence-corrected chi connectivity index (χ3v) is 4.35. The fraction of sp³-hybridized carbons (Fsp3) is 0.316. The molecule has 1 heterocycles. The Labute approximate surface area is 137 Å². The fourth-order valence-corrected chi connectivity index (χ4v) is 3.04. The summed E-state index contributed by atoms with van der Waals surface area (Å²) in [6.07, 6.45) is 0. The molecule has 3 rings (SSSR count). The molecule has 0 saturated carbocycles. The Kier molecular flexibility index (Phi) is 4.63. The van der Waals surface area contributed by atoms with Crippen molar-refractivity contribution in [2.45, 2.75) is 6.04 Å². The SMILES string of the molecule is COc1cccc(C(=O)N2CCN(C)C[C@H]2c2ccccc2)c1. The van der Waals surface area contributed by atoms with Crippen LogP contribution < -0.4 is 4.74 Å². The quantitative estimate of drug-likeness (QED) is 0.874. The van der Waals surface area contributed by atoms with E-state index in [1.54, 1.807) is 7.11 Å². The average molecular weight is 310 g/mol. The van der Waals surface area contributed by atoms with Gasteiger partial charge >= 0.3 is 0 Å². The summed E-state index contributed by atoms with van der Waals surface area (Å²) in [7, 11) is 3.72. The van der Waals surface area contributed by atoms with E-state index < -0.39 is 0 Å². The molecule has 0 aromatic heterocycles. The zero-order valence-corrected chi connectivity index (χ0v) is 13.6. The van der Waals surface area contributed by atoms with E-state index in [-0.39, 0.29) is 11.9 Å². The van der Waals surface area contributed by atoms with Crippen LogP contribution in [0, 0.1) is 0 Å². The van der Waals surface area contributed by atoms with Crippen molar-refractivity contribution >= 4 is 5.91 Å². The summed E-state index contributed by atoms with van der Waals surface area (Å²) in [5.74, 6) is 0.770. The molecular formula is C19H22N2O2. The van der Waals surface area contributed by atoms with E-state index in [0.717, 1.165) is 19.6 Å². The van der Waals surface area contributed by atoms with Crippen LogP contribution in [0.3, 0.4) is 0 Å². The largest absolute Gasteiger partial charge is 0.497 e. The molecule has 1 aliphatic heterocycles. The molecule has 120 valence electrons. The molecule has 1 amide bonds. The molecule has 1 fully saturated rings. The standard InChI is InChI=1S/C19H22N2O2/c1-20-11-12-21(18(14-20)15-7-4-3-5-8-15)19(22)16-9-6-10-17(13-16)23-2/h3-10,13,18H,11-12,14H2,1-2H3/t18-/m0/s1. The number of carbonyl (C=O) groups is 1. The Morgan fingerprint density at radius 1 is 1.09 bits per heavy atom. The first-order valence-electron chi connectivity index (χ1n) is 7.87. The average Bonchev–Trinajstić information content (AvgIpc) is 2.62. The van der Waals surface area contributed by atoms with Crippen LogP contribution in [0.4, 0.5) is 0 Å². The number of rotatable bonds is 3. The van der Waals surface area contributed by atoms with Crippen molar-refractivity contribution in [1.82, 2.24) is 9.80 Å². The Hall–Kier alpha value is -2.33. The van der Waals surface area contributed by atoms with Gasteiger partial charge in [0, 0.05) is 25.2 Å². The summed E-state index contributed by atoms with van der Waals surface area (Å²) in [5, 5.41) is 0. The maximum Gasteiger partial charge on any atom is 0.254 e. The highest BCUT2D eigenvalue weighted by Crippen LogP contribution is 2.27. The minimum Gasteiger partial charge on any atom is -0.497 e. The first-order chi connectivity index (χ1) is 11.2. The van der Waals surface area contributed by atoms with Gasteiger partial charge in [0.1, 0.15) is 5.75 Å². The Morgan fingerprint density at radius 2 is 1.87 bits per heavy atom. The molecule has 2 aromatic rings. The van der Waals surface area contributed by atoms with Gasteiger partial charge in [-0.2, -0.15) is 0 Å². The number of methoxy groups -OCH3 is 1. The number of ether oxygens (including phenoxy) is 1. The molecule has 4 nitrogen and oxygen atoms in total. The highest BCUT2D eigenvalue weighted by molar-refractivity contribution is 5.95. The molecular weight excluding hydrogens is 288 g/mol. The first-order valence-corrected chi connectivity index (χ1v) is 7.87. The van der Waals surface area contributed by atoms with Crippen LogP contribution in [0.5, 0.6) is 5.75 Å². The molecule has 1 aliphatic rings. The highest BCUT2D eigenvalue weighted by atomic mass is 16.5. The number of hydrogen-bond donors (Lipinski definition) is 0. The fourth-order valence-electron chi connectivity index (χ4n) is 3.04. The van der Waals surface area contributed by atoms with Crippen molar-refractivity contribution in [1.29, 1.82) is 0 Å². The van der Waals surface area contributed by atoms with E-state index in [9.17, 15) is 4.79 Å². The van der Waals surface area contributed by atoms with E-state index in [1.165, 1.54) is 5.56 Å². The third kappa shape index (κ3) is 3.37. The summed E-state index contributed by atoms with van der Waals surface area (Å²) < 4.78 is 5.24. The normalized spacial score (nSPS) is 18.7. The van der Waals surface area contributed by atoms with Gasteiger partial charge in [-0.15, -0.1) is 0 Å². The topological polar surface area (TPSA) is 32.8 Å². The lowest BCUT2D eigenvalue weighted by atomic mass is 10.0. The van der Waals surface area contributed by atoms with Gasteiger partial charge in [-0.25, -0.2) is 0 Å². The monoisotopic (exact) mass is 310 g/mol. The molecule has 0 unspecified atom stereocenters. The molecule has 23 heavy (non-hydrogen) atoms. The van der Waals surface area contributed by atoms with Crippen LogP contribution in [-0.2, 0) is 0 Å². The predicted octanol–water partition coefficient (Wildman–Crippen LogP) is 2.82. The number of carbonyl (C=O) groups excluding carboxylic acids is 1. The van der Waals surface area contributed by atoms with E-state index in [1.807, 2.05) is 47.4 Å². The van der Waals surface area contributed by atoms with Crippen LogP contribution in [0.1, 0.15) is 22.0 Å². The summed E-state index contributed by atoms with van der Waals surface area (Å²) in [4.78, 5) is 17.3. The number of likely N-dealkylation sites (N-methyl/N-ethyl adjacent to an activating group) is 1. The molecule has 0 N–H and O–H groups in total. The van der Waals surface area contributed by atoms with Crippen molar-refractivity contribution in [3.05, 3.63) is 65.7 Å². The minimum absolute atomic E-state index is 0.0610. The van der Waals surface area contributed by atoms with Crippen LogP contribution in [0.25, 0.3) is 0 Å². The second-order valence-corrected chi connectivity index (χ2v) is 5.92. The van der Waals surface area contributed by atoms with Gasteiger partial charge in [-0.3, -0.25) is 4.79 Å². The van der Waals surface area contributed by atoms with Crippen LogP contribution >= 0.6 is 0 Å². The van der Waals surface area contributed by atoms with Crippen molar-refractivity contribution in [3.63, 3.8) is 0 Å². The second-order valence-electron chi connectivity index (χ2n) is 5.92. The Morgan fingerprint density at radius 3 is 2.61 bits per heavy atom. The van der Waals surface area contributed by atoms with Gasteiger partial charge in [0.15, 0.2) is 0 Å². The number of amides is 1. The number of piperazine rings is 1. The van der Waals surface area contributed by atoms with Crippen LogP contribution in [0.15, 0.2) is 54.6 Å². The summed E-state index contributed by atoms with van der Waals surface area (Å²) >= 11 is 0. The van der Waals surface area contributed by atoms with E-state index in [0.29, 0.717) is 11.3 Å². The van der Waals surface area contributed by atoms with Crippen molar-refractivity contribution < 1.29 is 9.53 Å². The third-order valence-electron chi connectivity index (χ3n) is 4.35. The van der Waals surface area contributed by atoms with Gasteiger partial charge < -0.3 is 14.5 Å². The zero-order valence-electron chi connectivity index (χ0n) is 13.6. The van der Waals surface area contributed by atoms with Gasteiger partial charge in [-0.05, 0) is 30.8 Å².